The molecule has 0 N–H and O–H groups in total. The number of hydrogen-bond acceptors (Lipinski definition) is 3. The van der Waals surface area contributed by atoms with Crippen LogP contribution in [0.15, 0.2) is 48.5 Å². The molecule has 1 fully saturated rings. The SMILES string of the molecule is CC(C)(C)c1ccc([I+](OS(=O)(=O)C2CCCCC2)c2ccc(C(C)(C)C)cc2)cc1. The molecule has 1 saturated carbocycles. The normalized spacial score (nSPS) is 16.6. The monoisotopic (exact) mass is 556 g/mol. The third kappa shape index (κ3) is 6.32. The molecule has 0 aliphatic heterocycles. The average molecular weight is 557 g/mol. The largest absolute Gasteiger partial charge is 0.324 e. The van der Waals surface area contributed by atoms with Gasteiger partial charge in [-0.05, 0) is 61.6 Å². The first-order valence-corrected chi connectivity index (χ1v) is 15.7. The van der Waals surface area contributed by atoms with Gasteiger partial charge in [-0.3, -0.25) is 0 Å². The molecule has 1 aliphatic carbocycles. The molecule has 0 spiro atoms. The van der Waals surface area contributed by atoms with E-state index in [1.54, 1.807) is 0 Å². The number of rotatable bonds is 5. The summed E-state index contributed by atoms with van der Waals surface area (Å²) >= 11 is -2.61. The van der Waals surface area contributed by atoms with Crippen molar-refractivity contribution in [2.45, 2.75) is 89.7 Å². The topological polar surface area (TPSA) is 43.4 Å². The van der Waals surface area contributed by atoms with Crippen LogP contribution < -0.4 is 20.2 Å². The van der Waals surface area contributed by atoms with Crippen molar-refractivity contribution in [1.82, 2.24) is 0 Å². The van der Waals surface area contributed by atoms with E-state index < -0.39 is 30.4 Å². The zero-order valence-electron chi connectivity index (χ0n) is 19.7. The first-order chi connectivity index (χ1) is 14.4. The summed E-state index contributed by atoms with van der Waals surface area (Å²) in [6.07, 6.45) is 4.51. The van der Waals surface area contributed by atoms with E-state index in [1.807, 2.05) is 0 Å². The third-order valence-corrected chi connectivity index (χ3v) is 13.8. The summed E-state index contributed by atoms with van der Waals surface area (Å²) in [4.78, 5) is 0. The highest BCUT2D eigenvalue weighted by molar-refractivity contribution is 7.87. The zero-order chi connectivity index (χ0) is 22.9. The van der Waals surface area contributed by atoms with Crippen LogP contribution in [0.4, 0.5) is 0 Å². The highest BCUT2D eigenvalue weighted by Crippen LogP contribution is 2.24. The fourth-order valence-electron chi connectivity index (χ4n) is 3.82. The van der Waals surface area contributed by atoms with Gasteiger partial charge in [-0.25, -0.2) is 0 Å². The first kappa shape index (κ1) is 24.7. The maximum Gasteiger partial charge on any atom is 0.324 e. The van der Waals surface area contributed by atoms with Crippen molar-refractivity contribution >= 4 is 10.1 Å². The average Bonchev–Trinajstić information content (AvgIpc) is 2.72. The van der Waals surface area contributed by atoms with Crippen LogP contribution in [0.5, 0.6) is 0 Å². The number of hydrogen-bond donors (Lipinski definition) is 0. The zero-order valence-corrected chi connectivity index (χ0v) is 22.7. The minimum atomic E-state index is -3.59. The van der Waals surface area contributed by atoms with Crippen LogP contribution in [0.25, 0.3) is 0 Å². The Morgan fingerprint density at radius 2 is 1.10 bits per heavy atom. The summed E-state index contributed by atoms with van der Waals surface area (Å²) in [5.41, 5.74) is 2.60. The van der Waals surface area contributed by atoms with Gasteiger partial charge in [0.05, 0.1) is 5.25 Å². The Balaban J connectivity index is 1.97. The molecule has 0 saturated heterocycles. The standard InChI is InChI=1S/C26H37IO3S/c1-25(2,3)20-12-16-22(17-13-20)27(23-18-14-21(15-19-23)26(4,5)6)30-31(28,29)24-10-8-7-9-11-24/h12-19,24H,7-11H2,1-6H3/q+1. The maximum atomic E-state index is 13.2. The molecule has 1 aliphatic rings. The molecule has 31 heavy (non-hydrogen) atoms. The van der Waals surface area contributed by atoms with Crippen molar-refractivity contribution in [3.8, 4) is 0 Å². The van der Waals surface area contributed by atoms with E-state index in [0.29, 0.717) is 0 Å². The van der Waals surface area contributed by atoms with Gasteiger partial charge >= 0.3 is 30.4 Å². The minimum Gasteiger partial charge on any atom is -0.195 e. The molecule has 0 unspecified atom stereocenters. The quantitative estimate of drug-likeness (QED) is 0.530. The van der Waals surface area contributed by atoms with E-state index in [4.69, 9.17) is 2.51 Å². The van der Waals surface area contributed by atoms with Gasteiger partial charge in [-0.2, -0.15) is 8.42 Å². The van der Waals surface area contributed by atoms with Gasteiger partial charge in [-0.1, -0.05) is 85.1 Å². The van der Waals surface area contributed by atoms with E-state index in [1.165, 1.54) is 11.1 Å². The molecule has 0 aromatic heterocycles. The summed E-state index contributed by atoms with van der Waals surface area (Å²) in [6.45, 7) is 13.1. The summed E-state index contributed by atoms with van der Waals surface area (Å²) in [7, 11) is -3.59. The van der Waals surface area contributed by atoms with Crippen LogP contribution in [0.2, 0.25) is 0 Å². The van der Waals surface area contributed by atoms with Crippen LogP contribution in [0, 0.1) is 7.14 Å². The molecular formula is C26H37IO3S+. The van der Waals surface area contributed by atoms with Gasteiger partial charge in [0.25, 0.3) is 0 Å². The molecule has 2 aromatic rings. The van der Waals surface area contributed by atoms with Gasteiger partial charge in [0.1, 0.15) is 0 Å². The van der Waals surface area contributed by atoms with E-state index >= 15 is 0 Å². The lowest BCUT2D eigenvalue weighted by atomic mass is 9.87. The molecule has 5 heteroatoms. The lowest BCUT2D eigenvalue weighted by Crippen LogP contribution is -3.85. The van der Waals surface area contributed by atoms with Gasteiger partial charge in [0.15, 0.2) is 7.14 Å². The lowest BCUT2D eigenvalue weighted by Gasteiger charge is -2.21. The Morgan fingerprint density at radius 1 is 0.710 bits per heavy atom. The molecule has 0 amide bonds. The van der Waals surface area contributed by atoms with Gasteiger partial charge in [-0.15, -0.1) is 0 Å². The van der Waals surface area contributed by atoms with E-state index in [-0.39, 0.29) is 16.1 Å². The van der Waals surface area contributed by atoms with Crippen molar-refractivity contribution in [2.24, 2.45) is 0 Å². The molecule has 0 atom stereocenters. The van der Waals surface area contributed by atoms with Gasteiger partial charge in [0.2, 0.25) is 0 Å². The van der Waals surface area contributed by atoms with Crippen LogP contribution >= 0.6 is 0 Å². The molecule has 3 nitrogen and oxygen atoms in total. The Kier molecular flexibility index (Phi) is 7.59. The molecule has 0 bridgehead atoms. The van der Waals surface area contributed by atoms with Crippen LogP contribution in [-0.4, -0.2) is 13.7 Å². The molecule has 171 valence electrons. The van der Waals surface area contributed by atoms with Crippen LogP contribution in [0.1, 0.15) is 84.8 Å². The van der Waals surface area contributed by atoms with Crippen LogP contribution in [-0.2, 0) is 23.5 Å². The van der Waals surface area contributed by atoms with Crippen molar-refractivity contribution < 1.29 is 31.2 Å². The van der Waals surface area contributed by atoms with E-state index in [0.717, 1.165) is 39.2 Å². The second kappa shape index (κ2) is 9.52. The molecule has 1 radical (unpaired) electrons. The predicted molar refractivity (Wildman–Crippen MR) is 125 cm³/mol. The summed E-state index contributed by atoms with van der Waals surface area (Å²) < 4.78 is 34.6. The fraction of sp³-hybridized carbons (Fsp3) is 0.538. The Hall–Kier alpha value is -0.920. The summed E-state index contributed by atoms with van der Waals surface area (Å²) in [5, 5.41) is -0.358. The second-order valence-electron chi connectivity index (χ2n) is 10.6. The Labute approximate surface area is 197 Å². The molecule has 3 rings (SSSR count). The lowest BCUT2D eigenvalue weighted by molar-refractivity contribution is -1.03. The highest BCUT2D eigenvalue weighted by atomic mass is 127. The fourth-order valence-corrected chi connectivity index (χ4v) is 11.5. The predicted octanol–water partition coefficient (Wildman–Crippen LogP) is 3.54. The van der Waals surface area contributed by atoms with Crippen molar-refractivity contribution in [2.75, 3.05) is 0 Å². The number of benzene rings is 2. The molecular weight excluding hydrogens is 519 g/mol. The van der Waals surface area contributed by atoms with Crippen molar-refractivity contribution in [1.29, 1.82) is 0 Å². The Bertz CT molecular complexity index is 902. The smallest absolute Gasteiger partial charge is 0.195 e. The highest BCUT2D eigenvalue weighted by Gasteiger charge is 2.41. The third-order valence-electron chi connectivity index (χ3n) is 5.93. The van der Waals surface area contributed by atoms with E-state index in [2.05, 4.69) is 90.1 Å². The minimum absolute atomic E-state index is 0.0565. The summed E-state index contributed by atoms with van der Waals surface area (Å²) in [6, 6.07) is 16.8. The maximum absolute atomic E-state index is 13.2. The van der Waals surface area contributed by atoms with Gasteiger partial charge < -0.3 is 0 Å². The van der Waals surface area contributed by atoms with Crippen molar-refractivity contribution in [3.63, 3.8) is 0 Å². The Morgan fingerprint density at radius 3 is 1.45 bits per heavy atom. The first-order valence-electron chi connectivity index (χ1n) is 11.2. The number of halogens is 1. The van der Waals surface area contributed by atoms with Crippen molar-refractivity contribution in [3.05, 3.63) is 66.8 Å². The van der Waals surface area contributed by atoms with E-state index in [9.17, 15) is 8.42 Å². The second-order valence-corrected chi connectivity index (χ2v) is 17.3. The van der Waals surface area contributed by atoms with Crippen LogP contribution in [0.3, 0.4) is 0 Å². The molecule has 0 heterocycles. The molecule has 2 aromatic carbocycles. The van der Waals surface area contributed by atoms with Gasteiger partial charge in [0, 0.05) is 0 Å². The summed E-state index contributed by atoms with van der Waals surface area (Å²) in [5.74, 6) is 0.